The Kier molecular flexibility index (Phi) is 4.45. The van der Waals surface area contributed by atoms with Crippen molar-refractivity contribution >= 4 is 34.1 Å². The number of carbonyl (C=O) groups is 2. The van der Waals surface area contributed by atoms with Crippen molar-refractivity contribution in [3.8, 4) is 5.75 Å². The van der Waals surface area contributed by atoms with Crippen LogP contribution in [0.3, 0.4) is 0 Å². The number of aromatic hydroxyl groups is 1. The quantitative estimate of drug-likeness (QED) is 0.498. The number of aryl methyl sites for hydroxylation is 2. The maximum absolute atomic E-state index is 12.5. The Bertz CT molecular complexity index is 1040. The number of phenolic OH excluding ortho intramolecular Hbond substituents is 1. The molecule has 0 saturated heterocycles. The average Bonchev–Trinajstić information content (AvgIpc) is 2.90. The molecular formula is C19H18N4O3. The van der Waals surface area contributed by atoms with Crippen molar-refractivity contribution < 1.29 is 14.7 Å². The van der Waals surface area contributed by atoms with Gasteiger partial charge in [0.1, 0.15) is 5.75 Å². The van der Waals surface area contributed by atoms with E-state index in [0.29, 0.717) is 11.4 Å². The monoisotopic (exact) mass is 350 g/mol. The second-order valence-electron chi connectivity index (χ2n) is 5.82. The number of nitrogens with zero attached hydrogens (tertiary/aromatic N) is 2. The van der Waals surface area contributed by atoms with E-state index >= 15 is 0 Å². The van der Waals surface area contributed by atoms with Crippen molar-refractivity contribution in [1.82, 2.24) is 9.78 Å². The molecule has 7 heteroatoms. The van der Waals surface area contributed by atoms with E-state index in [1.807, 2.05) is 20.0 Å². The summed E-state index contributed by atoms with van der Waals surface area (Å²) in [7, 11) is 1.86. The fourth-order valence-electron chi connectivity index (χ4n) is 2.60. The topological polar surface area (TPSA) is 96.3 Å². The zero-order valence-electron chi connectivity index (χ0n) is 14.4. The molecule has 0 spiro atoms. The SMILES string of the molecule is C=CC(=O)Nc1ccc(O)c(C(=O)Nc2ccc3c(C)n(C)nc3c2)c1. The number of hydrogen-bond donors (Lipinski definition) is 3. The minimum absolute atomic E-state index is 0.0455. The number of benzene rings is 2. The summed E-state index contributed by atoms with van der Waals surface area (Å²) in [5.74, 6) is -1.09. The van der Waals surface area contributed by atoms with Gasteiger partial charge in [0, 0.05) is 29.5 Å². The second kappa shape index (κ2) is 6.72. The van der Waals surface area contributed by atoms with E-state index in [1.165, 1.54) is 18.2 Å². The first-order valence-corrected chi connectivity index (χ1v) is 7.90. The lowest BCUT2D eigenvalue weighted by molar-refractivity contribution is -0.111. The largest absolute Gasteiger partial charge is 0.507 e. The van der Waals surface area contributed by atoms with Gasteiger partial charge in [-0.3, -0.25) is 14.3 Å². The highest BCUT2D eigenvalue weighted by atomic mass is 16.3. The Balaban J connectivity index is 1.86. The molecule has 0 bridgehead atoms. The molecule has 1 aromatic heterocycles. The molecule has 3 N–H and O–H groups in total. The molecule has 0 aliphatic rings. The third-order valence-corrected chi connectivity index (χ3v) is 4.08. The number of carbonyl (C=O) groups excluding carboxylic acids is 2. The Morgan fingerprint density at radius 3 is 2.58 bits per heavy atom. The van der Waals surface area contributed by atoms with Crippen molar-refractivity contribution in [2.24, 2.45) is 7.05 Å². The Morgan fingerprint density at radius 2 is 1.85 bits per heavy atom. The molecule has 0 aliphatic heterocycles. The lowest BCUT2D eigenvalue weighted by Gasteiger charge is -2.09. The van der Waals surface area contributed by atoms with E-state index in [0.717, 1.165) is 22.7 Å². The van der Waals surface area contributed by atoms with Crippen LogP contribution in [0.15, 0.2) is 49.1 Å². The van der Waals surface area contributed by atoms with Crippen molar-refractivity contribution in [2.45, 2.75) is 6.92 Å². The molecule has 2 aromatic carbocycles. The molecule has 0 radical (unpaired) electrons. The highest BCUT2D eigenvalue weighted by molar-refractivity contribution is 6.08. The van der Waals surface area contributed by atoms with Crippen LogP contribution in [-0.2, 0) is 11.8 Å². The van der Waals surface area contributed by atoms with Crippen LogP contribution in [0.25, 0.3) is 10.9 Å². The number of nitrogens with one attached hydrogen (secondary N) is 2. The van der Waals surface area contributed by atoms with Crippen LogP contribution in [0, 0.1) is 6.92 Å². The predicted octanol–water partition coefficient (Wildman–Crippen LogP) is 2.96. The number of phenols is 1. The maximum Gasteiger partial charge on any atom is 0.259 e. The normalized spacial score (nSPS) is 10.5. The summed E-state index contributed by atoms with van der Waals surface area (Å²) in [6.07, 6.45) is 1.12. The summed E-state index contributed by atoms with van der Waals surface area (Å²) >= 11 is 0. The van der Waals surface area contributed by atoms with Gasteiger partial charge in [-0.2, -0.15) is 5.10 Å². The molecule has 2 amide bonds. The van der Waals surface area contributed by atoms with Gasteiger partial charge in [0.2, 0.25) is 5.91 Å². The molecule has 7 nitrogen and oxygen atoms in total. The van der Waals surface area contributed by atoms with Crippen LogP contribution in [0.5, 0.6) is 5.75 Å². The molecule has 26 heavy (non-hydrogen) atoms. The van der Waals surface area contributed by atoms with Crippen molar-refractivity contribution in [3.63, 3.8) is 0 Å². The van der Waals surface area contributed by atoms with Crippen LogP contribution in [0.2, 0.25) is 0 Å². The van der Waals surface area contributed by atoms with Crippen LogP contribution >= 0.6 is 0 Å². The van der Waals surface area contributed by atoms with Gasteiger partial charge in [-0.1, -0.05) is 6.58 Å². The second-order valence-corrected chi connectivity index (χ2v) is 5.82. The van der Waals surface area contributed by atoms with Crippen LogP contribution < -0.4 is 10.6 Å². The molecular weight excluding hydrogens is 332 g/mol. The average molecular weight is 350 g/mol. The lowest BCUT2D eigenvalue weighted by atomic mass is 10.1. The summed E-state index contributed by atoms with van der Waals surface area (Å²) in [4.78, 5) is 23.9. The van der Waals surface area contributed by atoms with E-state index < -0.39 is 11.8 Å². The molecule has 0 atom stereocenters. The highest BCUT2D eigenvalue weighted by Gasteiger charge is 2.14. The number of hydrogen-bond acceptors (Lipinski definition) is 4. The van der Waals surface area contributed by atoms with Gasteiger partial charge >= 0.3 is 0 Å². The van der Waals surface area contributed by atoms with Crippen molar-refractivity contribution in [1.29, 1.82) is 0 Å². The molecule has 0 saturated carbocycles. The lowest BCUT2D eigenvalue weighted by Crippen LogP contribution is -2.13. The molecule has 0 aliphatic carbocycles. The highest BCUT2D eigenvalue weighted by Crippen LogP contribution is 2.25. The third kappa shape index (κ3) is 3.27. The molecule has 132 valence electrons. The fourth-order valence-corrected chi connectivity index (χ4v) is 2.60. The first-order valence-electron chi connectivity index (χ1n) is 7.90. The molecule has 3 aromatic rings. The van der Waals surface area contributed by atoms with Gasteiger partial charge < -0.3 is 15.7 Å². The maximum atomic E-state index is 12.5. The van der Waals surface area contributed by atoms with Crippen LogP contribution in [0.1, 0.15) is 16.1 Å². The third-order valence-electron chi connectivity index (χ3n) is 4.08. The molecule has 3 rings (SSSR count). The molecule has 0 unspecified atom stereocenters. The standard InChI is InChI=1S/C19H18N4O3/c1-4-18(25)20-12-6-8-17(24)15(9-12)19(26)21-13-5-7-14-11(2)23(3)22-16(14)10-13/h4-10,24H,1H2,2-3H3,(H,20,25)(H,21,26). The summed E-state index contributed by atoms with van der Waals surface area (Å²) in [5.41, 5.74) is 2.78. The summed E-state index contributed by atoms with van der Waals surface area (Å²) in [6.45, 7) is 5.34. The summed E-state index contributed by atoms with van der Waals surface area (Å²) in [6, 6.07) is 9.66. The Labute approximate surface area is 149 Å². The zero-order chi connectivity index (χ0) is 18.8. The first kappa shape index (κ1) is 17.2. The Morgan fingerprint density at radius 1 is 1.15 bits per heavy atom. The predicted molar refractivity (Wildman–Crippen MR) is 100 cm³/mol. The smallest absolute Gasteiger partial charge is 0.259 e. The van der Waals surface area contributed by atoms with Gasteiger partial charge in [-0.05, 0) is 49.4 Å². The number of anilines is 2. The van der Waals surface area contributed by atoms with Gasteiger partial charge in [0.15, 0.2) is 0 Å². The number of rotatable bonds is 4. The fraction of sp³-hybridized carbons (Fsp3) is 0.105. The van der Waals surface area contributed by atoms with E-state index in [2.05, 4.69) is 22.3 Å². The molecule has 0 fully saturated rings. The van der Waals surface area contributed by atoms with E-state index in [9.17, 15) is 14.7 Å². The van der Waals surface area contributed by atoms with Crippen molar-refractivity contribution in [3.05, 3.63) is 60.3 Å². The van der Waals surface area contributed by atoms with Gasteiger partial charge in [0.05, 0.1) is 11.1 Å². The van der Waals surface area contributed by atoms with Gasteiger partial charge in [-0.15, -0.1) is 0 Å². The minimum atomic E-state index is -0.496. The van der Waals surface area contributed by atoms with Gasteiger partial charge in [-0.25, -0.2) is 0 Å². The first-order chi connectivity index (χ1) is 12.4. The summed E-state index contributed by atoms with van der Waals surface area (Å²) in [5, 5.41) is 20.6. The van der Waals surface area contributed by atoms with E-state index in [4.69, 9.17) is 0 Å². The van der Waals surface area contributed by atoms with Crippen LogP contribution in [0.4, 0.5) is 11.4 Å². The van der Waals surface area contributed by atoms with Gasteiger partial charge in [0.25, 0.3) is 5.91 Å². The molecule has 1 heterocycles. The number of aromatic nitrogens is 2. The van der Waals surface area contributed by atoms with E-state index in [1.54, 1.807) is 16.8 Å². The number of amides is 2. The number of fused-ring (bicyclic) bond motifs is 1. The minimum Gasteiger partial charge on any atom is -0.507 e. The zero-order valence-corrected chi connectivity index (χ0v) is 14.4. The Hall–Kier alpha value is -3.61. The van der Waals surface area contributed by atoms with E-state index in [-0.39, 0.29) is 11.3 Å². The summed E-state index contributed by atoms with van der Waals surface area (Å²) < 4.78 is 1.77. The van der Waals surface area contributed by atoms with Crippen molar-refractivity contribution in [2.75, 3.05) is 10.6 Å². The van der Waals surface area contributed by atoms with Crippen LogP contribution in [-0.4, -0.2) is 26.7 Å².